The van der Waals surface area contributed by atoms with Crippen LogP contribution in [0.4, 0.5) is 4.39 Å². The summed E-state index contributed by atoms with van der Waals surface area (Å²) in [7, 11) is 0. The standard InChI is InChI=1S/C30H35FN2/c1-3-5-7-8-11-24-15-18-27(19-16-24)29-20-17-25(21-30(29)31)22-32-33-23-28-14-10-9-13-26(28)12-6-4-2/h9-10,13-23H,3-8,11-12H2,1-2H3. The van der Waals surface area contributed by atoms with E-state index < -0.39 is 0 Å². The summed E-state index contributed by atoms with van der Waals surface area (Å²) in [6.07, 6.45) is 12.8. The molecule has 0 unspecified atom stereocenters. The molecule has 0 saturated carbocycles. The molecule has 0 aromatic heterocycles. The van der Waals surface area contributed by atoms with Crippen molar-refractivity contribution in [3.05, 3.63) is 94.8 Å². The van der Waals surface area contributed by atoms with Crippen LogP contribution in [0.15, 0.2) is 76.9 Å². The maximum Gasteiger partial charge on any atom is 0.131 e. The van der Waals surface area contributed by atoms with E-state index in [0.29, 0.717) is 11.1 Å². The molecule has 0 amide bonds. The van der Waals surface area contributed by atoms with Crippen molar-refractivity contribution in [1.29, 1.82) is 0 Å². The lowest BCUT2D eigenvalue weighted by atomic mass is 10.00. The van der Waals surface area contributed by atoms with E-state index in [9.17, 15) is 4.39 Å². The molecule has 0 aliphatic rings. The zero-order chi connectivity index (χ0) is 23.3. The second-order valence-corrected chi connectivity index (χ2v) is 8.54. The first-order chi connectivity index (χ1) is 16.2. The SMILES string of the molecule is CCCCCCc1ccc(-c2ccc(C=NN=Cc3ccccc3CCCC)cc2F)cc1. The molecule has 0 bridgehead atoms. The Labute approximate surface area is 198 Å². The van der Waals surface area contributed by atoms with Gasteiger partial charge in [-0.25, -0.2) is 4.39 Å². The van der Waals surface area contributed by atoms with Crippen molar-refractivity contribution in [1.82, 2.24) is 0 Å². The molecule has 0 N–H and O–H groups in total. The van der Waals surface area contributed by atoms with Crippen LogP contribution in [0.1, 0.15) is 74.6 Å². The molecule has 33 heavy (non-hydrogen) atoms. The molecule has 0 atom stereocenters. The Bertz CT molecular complexity index is 1050. The summed E-state index contributed by atoms with van der Waals surface area (Å²) >= 11 is 0. The Balaban J connectivity index is 1.61. The van der Waals surface area contributed by atoms with Gasteiger partial charge in [-0.2, -0.15) is 10.2 Å². The summed E-state index contributed by atoms with van der Waals surface area (Å²) in [4.78, 5) is 0. The zero-order valence-corrected chi connectivity index (χ0v) is 19.9. The Hall–Kier alpha value is -3.07. The summed E-state index contributed by atoms with van der Waals surface area (Å²) in [5, 5.41) is 8.32. The molecule has 0 saturated heterocycles. The lowest BCUT2D eigenvalue weighted by molar-refractivity contribution is 0.631. The highest BCUT2D eigenvalue weighted by molar-refractivity contribution is 5.84. The van der Waals surface area contributed by atoms with E-state index in [-0.39, 0.29) is 5.82 Å². The zero-order valence-electron chi connectivity index (χ0n) is 19.9. The normalized spacial score (nSPS) is 11.6. The summed E-state index contributed by atoms with van der Waals surface area (Å²) in [5.41, 5.74) is 5.88. The van der Waals surface area contributed by atoms with Gasteiger partial charge in [-0.3, -0.25) is 0 Å². The first-order valence-electron chi connectivity index (χ1n) is 12.2. The number of rotatable bonds is 12. The van der Waals surface area contributed by atoms with Crippen molar-refractivity contribution in [2.24, 2.45) is 10.2 Å². The third-order valence-electron chi connectivity index (χ3n) is 5.90. The minimum Gasteiger partial charge on any atom is -0.206 e. The molecule has 3 aromatic carbocycles. The van der Waals surface area contributed by atoms with Crippen molar-refractivity contribution in [2.75, 3.05) is 0 Å². The second-order valence-electron chi connectivity index (χ2n) is 8.54. The third-order valence-corrected chi connectivity index (χ3v) is 5.90. The van der Waals surface area contributed by atoms with Gasteiger partial charge in [0.25, 0.3) is 0 Å². The molecule has 0 spiro atoms. The Morgan fingerprint density at radius 1 is 0.727 bits per heavy atom. The lowest BCUT2D eigenvalue weighted by Crippen LogP contribution is -1.92. The summed E-state index contributed by atoms with van der Waals surface area (Å²) in [6.45, 7) is 4.42. The largest absolute Gasteiger partial charge is 0.206 e. The second kappa shape index (κ2) is 13.5. The molecule has 3 rings (SSSR count). The van der Waals surface area contributed by atoms with Crippen LogP contribution >= 0.6 is 0 Å². The number of nitrogens with zero attached hydrogens (tertiary/aromatic N) is 2. The highest BCUT2D eigenvalue weighted by Gasteiger charge is 2.06. The molecule has 3 aromatic rings. The first-order valence-corrected chi connectivity index (χ1v) is 12.2. The highest BCUT2D eigenvalue weighted by Crippen LogP contribution is 2.24. The van der Waals surface area contributed by atoms with Gasteiger partial charge in [0.2, 0.25) is 0 Å². The molecule has 0 aliphatic carbocycles. The van der Waals surface area contributed by atoms with Gasteiger partial charge in [-0.1, -0.05) is 100 Å². The average molecular weight is 443 g/mol. The van der Waals surface area contributed by atoms with E-state index in [1.54, 1.807) is 12.4 Å². The topological polar surface area (TPSA) is 24.7 Å². The number of hydrogen-bond acceptors (Lipinski definition) is 2. The van der Waals surface area contributed by atoms with Crippen molar-refractivity contribution in [2.45, 2.75) is 65.2 Å². The maximum absolute atomic E-state index is 14.8. The van der Waals surface area contributed by atoms with Crippen molar-refractivity contribution < 1.29 is 4.39 Å². The Morgan fingerprint density at radius 3 is 2.24 bits per heavy atom. The summed E-state index contributed by atoms with van der Waals surface area (Å²) in [5.74, 6) is -0.247. The van der Waals surface area contributed by atoms with Crippen molar-refractivity contribution >= 4 is 12.4 Å². The Morgan fingerprint density at radius 2 is 1.48 bits per heavy atom. The summed E-state index contributed by atoms with van der Waals surface area (Å²) < 4.78 is 14.8. The van der Waals surface area contributed by atoms with Gasteiger partial charge >= 0.3 is 0 Å². The molecule has 3 heteroatoms. The minimum absolute atomic E-state index is 0.247. The van der Waals surface area contributed by atoms with Gasteiger partial charge in [-0.05, 0) is 59.6 Å². The number of benzene rings is 3. The van der Waals surface area contributed by atoms with Gasteiger partial charge in [-0.15, -0.1) is 0 Å². The van der Waals surface area contributed by atoms with Crippen LogP contribution in [-0.4, -0.2) is 12.4 Å². The summed E-state index contributed by atoms with van der Waals surface area (Å²) in [6, 6.07) is 21.7. The fourth-order valence-corrected chi connectivity index (χ4v) is 3.90. The molecule has 172 valence electrons. The van der Waals surface area contributed by atoms with Crippen LogP contribution in [-0.2, 0) is 12.8 Å². The van der Waals surface area contributed by atoms with E-state index in [4.69, 9.17) is 0 Å². The van der Waals surface area contributed by atoms with Gasteiger partial charge in [0, 0.05) is 5.56 Å². The average Bonchev–Trinajstić information content (AvgIpc) is 2.84. The van der Waals surface area contributed by atoms with E-state index in [1.165, 1.54) is 42.9 Å². The number of unbranched alkanes of at least 4 members (excludes halogenated alkanes) is 4. The van der Waals surface area contributed by atoms with Crippen LogP contribution in [0.2, 0.25) is 0 Å². The number of aryl methyl sites for hydroxylation is 2. The quantitative estimate of drug-likeness (QED) is 0.153. The van der Waals surface area contributed by atoms with Crippen LogP contribution in [0.3, 0.4) is 0 Å². The molecular formula is C30H35FN2. The molecule has 2 nitrogen and oxygen atoms in total. The van der Waals surface area contributed by atoms with Crippen LogP contribution in [0.5, 0.6) is 0 Å². The van der Waals surface area contributed by atoms with E-state index in [1.807, 2.05) is 30.3 Å². The highest BCUT2D eigenvalue weighted by atomic mass is 19.1. The molecule has 0 fully saturated rings. The fourth-order valence-electron chi connectivity index (χ4n) is 3.90. The van der Waals surface area contributed by atoms with E-state index in [0.717, 1.165) is 36.8 Å². The first kappa shape index (κ1) is 24.6. The Kier molecular flexibility index (Phi) is 10.0. The third kappa shape index (κ3) is 7.78. The molecule has 0 aliphatic heterocycles. The predicted octanol–water partition coefficient (Wildman–Crippen LogP) is 8.41. The van der Waals surface area contributed by atoms with Gasteiger partial charge in [0.15, 0.2) is 0 Å². The van der Waals surface area contributed by atoms with Gasteiger partial charge < -0.3 is 0 Å². The van der Waals surface area contributed by atoms with Gasteiger partial charge in [0.1, 0.15) is 5.82 Å². The van der Waals surface area contributed by atoms with E-state index in [2.05, 4.69) is 54.4 Å². The molecular weight excluding hydrogens is 407 g/mol. The smallest absolute Gasteiger partial charge is 0.131 e. The van der Waals surface area contributed by atoms with Crippen LogP contribution in [0, 0.1) is 5.82 Å². The molecule has 0 heterocycles. The fraction of sp³-hybridized carbons (Fsp3) is 0.333. The number of halogens is 1. The van der Waals surface area contributed by atoms with Crippen molar-refractivity contribution in [3.63, 3.8) is 0 Å². The van der Waals surface area contributed by atoms with Crippen LogP contribution in [0.25, 0.3) is 11.1 Å². The number of hydrogen-bond donors (Lipinski definition) is 0. The van der Waals surface area contributed by atoms with Crippen molar-refractivity contribution in [3.8, 4) is 11.1 Å². The maximum atomic E-state index is 14.8. The monoisotopic (exact) mass is 442 g/mol. The van der Waals surface area contributed by atoms with Crippen LogP contribution < -0.4 is 0 Å². The lowest BCUT2D eigenvalue weighted by Gasteiger charge is -2.07. The molecule has 0 radical (unpaired) electrons. The minimum atomic E-state index is -0.247. The predicted molar refractivity (Wildman–Crippen MR) is 140 cm³/mol. The van der Waals surface area contributed by atoms with Gasteiger partial charge in [0.05, 0.1) is 12.4 Å². The van der Waals surface area contributed by atoms with E-state index >= 15 is 0 Å².